The van der Waals surface area contributed by atoms with Crippen LogP contribution in [0.1, 0.15) is 17.5 Å². The van der Waals surface area contributed by atoms with Gasteiger partial charge in [-0.1, -0.05) is 12.1 Å². The predicted octanol–water partition coefficient (Wildman–Crippen LogP) is 1.98. The van der Waals surface area contributed by atoms with Crippen molar-refractivity contribution in [2.45, 2.75) is 19.4 Å². The molecule has 0 radical (unpaired) electrons. The zero-order valence-corrected chi connectivity index (χ0v) is 10.8. The van der Waals surface area contributed by atoms with E-state index >= 15 is 0 Å². The summed E-state index contributed by atoms with van der Waals surface area (Å²) in [6.45, 7) is 0.708. The summed E-state index contributed by atoms with van der Waals surface area (Å²) >= 11 is 0. The number of hydrogen-bond donors (Lipinski definition) is 1. The smallest absolute Gasteiger partial charge is 0.139 e. The van der Waals surface area contributed by atoms with Gasteiger partial charge in [-0.2, -0.15) is 10.4 Å². The fourth-order valence-electron chi connectivity index (χ4n) is 1.88. The Labute approximate surface area is 112 Å². The monoisotopic (exact) mass is 256 g/mol. The molecule has 0 unspecified atom stereocenters. The van der Waals surface area contributed by atoms with E-state index < -0.39 is 0 Å². The molecule has 0 aliphatic rings. The summed E-state index contributed by atoms with van der Waals surface area (Å²) in [6.07, 6.45) is 3.36. The highest BCUT2D eigenvalue weighted by Gasteiger charge is 2.05. The van der Waals surface area contributed by atoms with E-state index in [1.165, 1.54) is 11.8 Å². The average molecular weight is 256 g/mol. The van der Waals surface area contributed by atoms with Gasteiger partial charge in [0, 0.05) is 6.54 Å². The third-order valence-corrected chi connectivity index (χ3v) is 3.00. The fourth-order valence-corrected chi connectivity index (χ4v) is 1.88. The van der Waals surface area contributed by atoms with Gasteiger partial charge < -0.3 is 10.5 Å². The Balaban J connectivity index is 1.89. The number of nitrogens with zero attached hydrogens (tertiary/aromatic N) is 3. The van der Waals surface area contributed by atoms with Gasteiger partial charge in [0.05, 0.1) is 13.3 Å². The molecule has 1 aromatic heterocycles. The van der Waals surface area contributed by atoms with Gasteiger partial charge in [0.15, 0.2) is 0 Å². The Hall–Kier alpha value is -2.48. The number of aryl methyl sites for hydroxylation is 2. The maximum absolute atomic E-state index is 8.79. The molecule has 5 nitrogen and oxygen atoms in total. The average Bonchev–Trinajstić information content (AvgIpc) is 2.80. The fraction of sp³-hybridized carbons (Fsp3) is 0.286. The van der Waals surface area contributed by atoms with Crippen LogP contribution in [0.5, 0.6) is 5.75 Å². The van der Waals surface area contributed by atoms with Crippen molar-refractivity contribution in [3.63, 3.8) is 0 Å². The Morgan fingerprint density at radius 2 is 2.11 bits per heavy atom. The normalized spacial score (nSPS) is 10.1. The van der Waals surface area contributed by atoms with Gasteiger partial charge in [0.1, 0.15) is 23.2 Å². The maximum atomic E-state index is 8.79. The molecule has 0 saturated carbocycles. The summed E-state index contributed by atoms with van der Waals surface area (Å²) in [5.41, 5.74) is 7.47. The van der Waals surface area contributed by atoms with Crippen LogP contribution in [0.2, 0.25) is 0 Å². The number of aromatic nitrogens is 2. The van der Waals surface area contributed by atoms with Gasteiger partial charge >= 0.3 is 0 Å². The minimum Gasteiger partial charge on any atom is -0.497 e. The molecule has 0 saturated heterocycles. The van der Waals surface area contributed by atoms with E-state index in [-0.39, 0.29) is 0 Å². The molecule has 1 aromatic carbocycles. The SMILES string of the molecule is COc1ccc(CCCn2ncc(C#N)c2N)cc1. The van der Waals surface area contributed by atoms with Gasteiger partial charge in [-0.15, -0.1) is 0 Å². The van der Waals surface area contributed by atoms with E-state index in [4.69, 9.17) is 15.7 Å². The van der Waals surface area contributed by atoms with Crippen LogP contribution in [-0.2, 0) is 13.0 Å². The quantitative estimate of drug-likeness (QED) is 0.887. The molecule has 0 spiro atoms. The van der Waals surface area contributed by atoms with Crippen LogP contribution >= 0.6 is 0 Å². The zero-order chi connectivity index (χ0) is 13.7. The molecule has 0 aliphatic heterocycles. The summed E-state index contributed by atoms with van der Waals surface area (Å²) in [5, 5.41) is 12.9. The second kappa shape index (κ2) is 5.91. The number of ether oxygens (including phenoxy) is 1. The third-order valence-electron chi connectivity index (χ3n) is 3.00. The van der Waals surface area contributed by atoms with E-state index in [2.05, 4.69) is 5.10 Å². The van der Waals surface area contributed by atoms with Crippen molar-refractivity contribution in [3.05, 3.63) is 41.6 Å². The van der Waals surface area contributed by atoms with E-state index in [0.717, 1.165) is 18.6 Å². The first-order valence-electron chi connectivity index (χ1n) is 6.09. The van der Waals surface area contributed by atoms with Crippen LogP contribution in [-0.4, -0.2) is 16.9 Å². The Kier molecular flexibility index (Phi) is 4.04. The summed E-state index contributed by atoms with van der Waals surface area (Å²) in [7, 11) is 1.66. The molecule has 5 heteroatoms. The van der Waals surface area contributed by atoms with E-state index in [9.17, 15) is 0 Å². The third kappa shape index (κ3) is 3.05. The number of nitrogens with two attached hydrogens (primary N) is 1. The van der Waals surface area contributed by atoms with Crippen molar-refractivity contribution in [2.75, 3.05) is 12.8 Å². The highest BCUT2D eigenvalue weighted by Crippen LogP contribution is 2.14. The highest BCUT2D eigenvalue weighted by atomic mass is 16.5. The number of anilines is 1. The highest BCUT2D eigenvalue weighted by molar-refractivity contribution is 5.47. The standard InChI is InChI=1S/C14H16N4O/c1-19-13-6-4-11(5-7-13)3-2-8-18-14(16)12(9-15)10-17-18/h4-7,10H,2-3,8,16H2,1H3. The van der Waals surface area contributed by atoms with E-state index in [1.54, 1.807) is 11.8 Å². The van der Waals surface area contributed by atoms with Crippen molar-refractivity contribution < 1.29 is 4.74 Å². The topological polar surface area (TPSA) is 76.9 Å². The molecule has 2 N–H and O–H groups in total. The lowest BCUT2D eigenvalue weighted by Crippen LogP contribution is -2.06. The first-order chi connectivity index (χ1) is 9.24. The summed E-state index contributed by atoms with van der Waals surface area (Å²) in [4.78, 5) is 0. The Morgan fingerprint density at radius 3 is 2.68 bits per heavy atom. The first-order valence-corrected chi connectivity index (χ1v) is 6.09. The largest absolute Gasteiger partial charge is 0.497 e. The minimum atomic E-state index is 0.435. The molecule has 19 heavy (non-hydrogen) atoms. The minimum absolute atomic E-state index is 0.435. The van der Waals surface area contributed by atoms with Crippen LogP contribution < -0.4 is 10.5 Å². The molecule has 0 fully saturated rings. The van der Waals surface area contributed by atoms with Gasteiger partial charge in [0.2, 0.25) is 0 Å². The lowest BCUT2D eigenvalue weighted by atomic mass is 10.1. The van der Waals surface area contributed by atoms with Gasteiger partial charge in [-0.05, 0) is 30.5 Å². The summed E-state index contributed by atoms with van der Waals surface area (Å²) in [6, 6.07) is 10.0. The van der Waals surface area contributed by atoms with Crippen LogP contribution in [0.4, 0.5) is 5.82 Å². The van der Waals surface area contributed by atoms with Crippen molar-refractivity contribution >= 4 is 5.82 Å². The van der Waals surface area contributed by atoms with Gasteiger partial charge in [0.25, 0.3) is 0 Å². The van der Waals surface area contributed by atoms with Crippen LogP contribution in [0.25, 0.3) is 0 Å². The van der Waals surface area contributed by atoms with Gasteiger partial charge in [-0.3, -0.25) is 0 Å². The number of nitrogen functional groups attached to an aromatic ring is 1. The first kappa shape index (κ1) is 13.0. The van der Waals surface area contributed by atoms with E-state index in [1.807, 2.05) is 30.3 Å². The number of rotatable bonds is 5. The molecule has 0 aliphatic carbocycles. The van der Waals surface area contributed by atoms with Crippen LogP contribution in [0.15, 0.2) is 30.5 Å². The summed E-state index contributed by atoms with van der Waals surface area (Å²) < 4.78 is 6.78. The molecular weight excluding hydrogens is 240 g/mol. The zero-order valence-electron chi connectivity index (χ0n) is 10.8. The lowest BCUT2D eigenvalue weighted by Gasteiger charge is -2.05. The molecule has 2 aromatic rings. The van der Waals surface area contributed by atoms with Crippen LogP contribution in [0, 0.1) is 11.3 Å². The molecule has 0 bridgehead atoms. The second-order valence-corrected chi connectivity index (χ2v) is 4.23. The summed E-state index contributed by atoms with van der Waals surface area (Å²) in [5.74, 6) is 1.30. The molecule has 1 heterocycles. The molecule has 98 valence electrons. The lowest BCUT2D eigenvalue weighted by molar-refractivity contribution is 0.414. The van der Waals surface area contributed by atoms with Crippen molar-refractivity contribution in [1.29, 1.82) is 5.26 Å². The maximum Gasteiger partial charge on any atom is 0.139 e. The van der Waals surface area contributed by atoms with Crippen molar-refractivity contribution in [3.8, 4) is 11.8 Å². The van der Waals surface area contributed by atoms with Crippen molar-refractivity contribution in [1.82, 2.24) is 9.78 Å². The molecule has 0 atom stereocenters. The molecule has 2 rings (SSSR count). The number of hydrogen-bond acceptors (Lipinski definition) is 4. The van der Waals surface area contributed by atoms with Crippen LogP contribution in [0.3, 0.4) is 0 Å². The number of benzene rings is 1. The Morgan fingerprint density at radius 1 is 1.37 bits per heavy atom. The molecular formula is C14H16N4O. The Bertz CT molecular complexity index is 580. The van der Waals surface area contributed by atoms with E-state index in [0.29, 0.717) is 17.9 Å². The van der Waals surface area contributed by atoms with Gasteiger partial charge in [-0.25, -0.2) is 4.68 Å². The van der Waals surface area contributed by atoms with Crippen molar-refractivity contribution in [2.24, 2.45) is 0 Å². The predicted molar refractivity (Wildman–Crippen MR) is 72.7 cm³/mol. The number of methoxy groups -OCH3 is 1. The number of nitriles is 1. The molecule has 0 amide bonds. The second-order valence-electron chi connectivity index (χ2n) is 4.23.